The summed E-state index contributed by atoms with van der Waals surface area (Å²) < 4.78 is 0. The third-order valence-electron chi connectivity index (χ3n) is 5.00. The molecule has 2 heteroatoms. The van der Waals surface area contributed by atoms with E-state index in [1.54, 1.807) is 5.92 Å². The summed E-state index contributed by atoms with van der Waals surface area (Å²) in [4.78, 5) is -0.346. The van der Waals surface area contributed by atoms with Crippen molar-refractivity contribution >= 4 is 23.2 Å². The van der Waals surface area contributed by atoms with Gasteiger partial charge in [0.25, 0.3) is 0 Å². The van der Waals surface area contributed by atoms with E-state index in [-0.39, 0.29) is 10.3 Å². The monoisotopic (exact) mass is 294 g/mol. The Kier molecular flexibility index (Phi) is 3.60. The van der Waals surface area contributed by atoms with E-state index in [0.29, 0.717) is 11.8 Å². The van der Waals surface area contributed by atoms with Gasteiger partial charge in [-0.25, -0.2) is 0 Å². The Balaban J connectivity index is 2.03. The van der Waals surface area contributed by atoms with Crippen LogP contribution in [-0.4, -0.2) is 4.84 Å². The molecule has 0 nitrogen and oxygen atoms in total. The van der Waals surface area contributed by atoms with Gasteiger partial charge in [-0.3, -0.25) is 0 Å². The second-order valence-electron chi connectivity index (χ2n) is 6.30. The maximum Gasteiger partial charge on any atom is 0.114 e. The van der Waals surface area contributed by atoms with E-state index in [1.807, 2.05) is 0 Å². The first-order chi connectivity index (χ1) is 9.03. The third kappa shape index (κ3) is 2.12. The van der Waals surface area contributed by atoms with E-state index in [4.69, 9.17) is 23.2 Å². The van der Waals surface area contributed by atoms with Crippen molar-refractivity contribution < 1.29 is 0 Å². The SMILES string of the molecule is CC1(C)[C](c2ccccc2)C2CCCC2[C]1C(Cl)Cl. The highest BCUT2D eigenvalue weighted by Gasteiger charge is 2.59. The number of benzene rings is 1. The minimum absolute atomic E-state index is 0.0191. The summed E-state index contributed by atoms with van der Waals surface area (Å²) in [6.07, 6.45) is 3.82. The van der Waals surface area contributed by atoms with Crippen molar-refractivity contribution in [3.8, 4) is 0 Å². The van der Waals surface area contributed by atoms with Gasteiger partial charge < -0.3 is 0 Å². The van der Waals surface area contributed by atoms with E-state index in [0.717, 1.165) is 0 Å². The molecule has 102 valence electrons. The van der Waals surface area contributed by atoms with Crippen LogP contribution in [-0.2, 0) is 0 Å². The highest BCUT2D eigenvalue weighted by atomic mass is 35.5. The number of rotatable bonds is 2. The molecule has 0 heterocycles. The summed E-state index contributed by atoms with van der Waals surface area (Å²) in [5.74, 6) is 4.13. The summed E-state index contributed by atoms with van der Waals surface area (Å²) in [5, 5.41) is 0. The second kappa shape index (κ2) is 4.97. The fourth-order valence-electron chi connectivity index (χ4n) is 4.39. The first-order valence-electron chi connectivity index (χ1n) is 7.11. The molecule has 19 heavy (non-hydrogen) atoms. The smallest absolute Gasteiger partial charge is 0.105 e. The predicted molar refractivity (Wildman–Crippen MR) is 82.1 cm³/mol. The fourth-order valence-corrected chi connectivity index (χ4v) is 5.26. The van der Waals surface area contributed by atoms with Crippen LogP contribution in [0.25, 0.3) is 0 Å². The van der Waals surface area contributed by atoms with Crippen molar-refractivity contribution in [3.63, 3.8) is 0 Å². The van der Waals surface area contributed by atoms with Gasteiger partial charge in [0.15, 0.2) is 0 Å². The molecule has 0 saturated heterocycles. The molecule has 2 radical (unpaired) electrons. The van der Waals surface area contributed by atoms with E-state index in [2.05, 4.69) is 44.2 Å². The number of fused-ring (bicyclic) bond motifs is 1. The molecule has 0 amide bonds. The van der Waals surface area contributed by atoms with Crippen LogP contribution in [0.3, 0.4) is 0 Å². The molecule has 2 fully saturated rings. The Hall–Kier alpha value is -0.200. The fraction of sp³-hybridized carbons (Fsp3) is 0.529. The Morgan fingerprint density at radius 2 is 1.68 bits per heavy atom. The summed E-state index contributed by atoms with van der Waals surface area (Å²) in [5.41, 5.74) is 1.39. The van der Waals surface area contributed by atoms with Crippen molar-refractivity contribution in [2.75, 3.05) is 0 Å². The van der Waals surface area contributed by atoms with Crippen molar-refractivity contribution in [2.24, 2.45) is 17.3 Å². The molecule has 2 atom stereocenters. The standard InChI is InChI=1S/C17H20Cl2/c1-17(2)14(11-7-4-3-5-8-11)12-9-6-10-13(12)15(17)16(18)19/h3-5,7-8,12-13,16H,6,9-10H2,1-2H3. The molecular formula is C17H20Cl2. The molecule has 1 aromatic carbocycles. The molecule has 0 aromatic heterocycles. The molecule has 2 aliphatic rings. The van der Waals surface area contributed by atoms with Crippen LogP contribution in [0.5, 0.6) is 0 Å². The predicted octanol–water partition coefficient (Wildman–Crippen LogP) is 5.44. The number of alkyl halides is 2. The molecule has 2 aliphatic carbocycles. The Bertz CT molecular complexity index is 438. The number of halogens is 2. The van der Waals surface area contributed by atoms with Crippen molar-refractivity contribution in [3.05, 3.63) is 47.7 Å². The average molecular weight is 295 g/mol. The lowest BCUT2D eigenvalue weighted by Gasteiger charge is -2.35. The highest BCUT2D eigenvalue weighted by molar-refractivity contribution is 6.45. The quantitative estimate of drug-likeness (QED) is 0.637. The van der Waals surface area contributed by atoms with Crippen molar-refractivity contribution in [1.29, 1.82) is 0 Å². The molecule has 0 N–H and O–H groups in total. The molecular weight excluding hydrogens is 275 g/mol. The second-order valence-corrected chi connectivity index (χ2v) is 7.40. The Labute approximate surface area is 126 Å². The van der Waals surface area contributed by atoms with Gasteiger partial charge in [-0.1, -0.05) is 50.6 Å². The van der Waals surface area contributed by atoms with Gasteiger partial charge in [-0.2, -0.15) is 0 Å². The lowest BCUT2D eigenvalue weighted by molar-refractivity contribution is 0.420. The van der Waals surface area contributed by atoms with E-state index < -0.39 is 0 Å². The average Bonchev–Trinajstić information content (AvgIpc) is 2.85. The van der Waals surface area contributed by atoms with Crippen LogP contribution < -0.4 is 0 Å². The molecule has 3 rings (SSSR count). The maximum atomic E-state index is 6.30. The molecule has 0 aliphatic heterocycles. The van der Waals surface area contributed by atoms with Crippen LogP contribution in [0.1, 0.15) is 38.7 Å². The van der Waals surface area contributed by atoms with Gasteiger partial charge in [-0.05, 0) is 35.7 Å². The molecule has 0 bridgehead atoms. The van der Waals surface area contributed by atoms with Crippen LogP contribution >= 0.6 is 23.2 Å². The molecule has 2 unspecified atom stereocenters. The maximum absolute atomic E-state index is 6.30. The van der Waals surface area contributed by atoms with Gasteiger partial charge >= 0.3 is 0 Å². The van der Waals surface area contributed by atoms with Crippen LogP contribution in [0, 0.1) is 29.1 Å². The molecule has 1 aromatic rings. The minimum Gasteiger partial charge on any atom is -0.105 e. The van der Waals surface area contributed by atoms with Gasteiger partial charge in [-0.15, -0.1) is 23.2 Å². The summed E-state index contributed by atoms with van der Waals surface area (Å²) in [6.45, 7) is 4.58. The lowest BCUT2D eigenvalue weighted by Crippen LogP contribution is -2.29. The normalized spacial score (nSPS) is 31.0. The van der Waals surface area contributed by atoms with Gasteiger partial charge in [0, 0.05) is 11.8 Å². The summed E-state index contributed by atoms with van der Waals surface area (Å²) in [7, 11) is 0. The van der Waals surface area contributed by atoms with Gasteiger partial charge in [0.05, 0.1) is 0 Å². The van der Waals surface area contributed by atoms with Gasteiger partial charge in [0.1, 0.15) is 4.84 Å². The van der Waals surface area contributed by atoms with E-state index in [1.165, 1.54) is 30.7 Å². The number of hydrogen-bond donors (Lipinski definition) is 0. The Morgan fingerprint density at radius 3 is 2.32 bits per heavy atom. The van der Waals surface area contributed by atoms with Crippen LogP contribution in [0.2, 0.25) is 0 Å². The molecule has 0 spiro atoms. The largest absolute Gasteiger partial charge is 0.114 e. The molecule has 2 saturated carbocycles. The van der Waals surface area contributed by atoms with Crippen LogP contribution in [0.4, 0.5) is 0 Å². The zero-order valence-electron chi connectivity index (χ0n) is 11.5. The zero-order valence-corrected chi connectivity index (χ0v) is 13.0. The van der Waals surface area contributed by atoms with Crippen LogP contribution in [0.15, 0.2) is 30.3 Å². The first-order valence-corrected chi connectivity index (χ1v) is 7.99. The van der Waals surface area contributed by atoms with E-state index >= 15 is 0 Å². The zero-order chi connectivity index (χ0) is 13.6. The first kappa shape index (κ1) is 13.8. The van der Waals surface area contributed by atoms with Crippen molar-refractivity contribution in [2.45, 2.75) is 37.9 Å². The lowest BCUT2D eigenvalue weighted by atomic mass is 9.70. The summed E-state index contributed by atoms with van der Waals surface area (Å²) in [6, 6.07) is 10.8. The van der Waals surface area contributed by atoms with Gasteiger partial charge in [0.2, 0.25) is 0 Å². The minimum atomic E-state index is -0.346. The van der Waals surface area contributed by atoms with E-state index in [9.17, 15) is 0 Å². The topological polar surface area (TPSA) is 0 Å². The van der Waals surface area contributed by atoms with Crippen molar-refractivity contribution in [1.82, 2.24) is 0 Å². The highest BCUT2D eigenvalue weighted by Crippen LogP contribution is 2.66. The number of hydrogen-bond acceptors (Lipinski definition) is 0. The summed E-state index contributed by atoms with van der Waals surface area (Å²) >= 11 is 12.6. The third-order valence-corrected chi connectivity index (χ3v) is 5.47. The Morgan fingerprint density at radius 1 is 1.05 bits per heavy atom.